The van der Waals surface area contributed by atoms with E-state index in [0.29, 0.717) is 56.9 Å². The summed E-state index contributed by atoms with van der Waals surface area (Å²) in [4.78, 5) is 146. The second-order valence-corrected chi connectivity index (χ2v) is 33.4. The molecule has 30 heteroatoms. The van der Waals surface area contributed by atoms with Crippen molar-refractivity contribution < 1.29 is 80.4 Å². The molecule has 0 radical (unpaired) electrons. The minimum atomic E-state index is -4.23. The minimum Gasteiger partial charge on any atom is -0.488 e. The van der Waals surface area contributed by atoms with Crippen molar-refractivity contribution in [2.75, 3.05) is 6.54 Å². The lowest BCUT2D eigenvalue weighted by Gasteiger charge is -2.37. The van der Waals surface area contributed by atoms with Gasteiger partial charge in [0.15, 0.2) is 6.04 Å². The lowest BCUT2D eigenvalue weighted by Crippen LogP contribution is -2.61. The number of aliphatic imine (C=N–C) groups is 1. The third kappa shape index (κ3) is 24.5. The molecule has 608 valence electrons. The third-order valence-electron chi connectivity index (χ3n) is 19.0. The molecule has 0 aromatic heterocycles. The molecule has 2 aliphatic rings. The standard InChI is InChI=1S/C82H112N12O17S/c1-46(2)43-62(89-70(97)59(83)33-26-42-85-78(84)94-112(106,107)69-48(4)47(3)68-58(49(69)5)45-81(15,16)111-68)74(101)88-61(39-41-65(96)93-82(54-27-20-17-21-28-54,55-29-22-18-23-30-55)56-31-24-19-25-32-56)71(98)90-63(44-53-34-36-57(37-35-53)110-80(12,13)14)73(100)86-50(6)77(105)108-51(7)66(91-72(99)60-38-40-64(95)87-60)75(102)92-67(76(103)104)52(8)109-79(9,10)11/h17-25,27-32,34-37,46,50-52,59-63,66-67H,26,33,38-45,83H2,1-16H3,(H,86,100)(H,87,95)(H,88,101)(H,89,97)(H,90,98)(H,91,99)(H,92,102)(H,93,96)(H,103,104)(H3,84,85,94)/t50-,51+,52+,59-,60-,61-,62-,63-,66-,67-/m0/s1. The van der Waals surface area contributed by atoms with Gasteiger partial charge in [0.25, 0.3) is 10.0 Å². The Kier molecular flexibility index (Phi) is 30.3. The molecule has 1 saturated heterocycles. The number of nitrogens with one attached hydrogen (secondary N) is 9. The lowest BCUT2D eigenvalue weighted by molar-refractivity contribution is -0.157. The second-order valence-electron chi connectivity index (χ2n) is 31.8. The van der Waals surface area contributed by atoms with E-state index in [9.17, 15) is 42.3 Å². The number of ether oxygens (including phenoxy) is 4. The highest BCUT2D eigenvalue weighted by Crippen LogP contribution is 2.44. The first kappa shape index (κ1) is 88.8. The molecule has 5 aromatic carbocycles. The fraction of sp³-hybridized carbons (Fsp3) is 0.500. The Balaban J connectivity index is 1.16. The Morgan fingerprint density at radius 3 is 1.73 bits per heavy atom. The summed E-state index contributed by atoms with van der Waals surface area (Å²) in [7, 11) is -4.23. The Morgan fingerprint density at radius 1 is 0.661 bits per heavy atom. The summed E-state index contributed by atoms with van der Waals surface area (Å²) in [6.07, 6.45) is -3.11. The summed E-state index contributed by atoms with van der Waals surface area (Å²) in [6.45, 7) is 27.2. The van der Waals surface area contributed by atoms with Crippen molar-refractivity contribution in [3.8, 4) is 11.5 Å². The van der Waals surface area contributed by atoms with Crippen LogP contribution in [0.5, 0.6) is 11.5 Å². The van der Waals surface area contributed by atoms with E-state index < -0.39 is 171 Å². The van der Waals surface area contributed by atoms with Crippen LogP contribution in [0.4, 0.5) is 0 Å². The van der Waals surface area contributed by atoms with Gasteiger partial charge in [0.2, 0.25) is 53.2 Å². The van der Waals surface area contributed by atoms with E-state index in [2.05, 4.69) is 52.2 Å². The molecule has 2 aliphatic heterocycles. The molecule has 14 N–H and O–H groups in total. The zero-order chi connectivity index (χ0) is 83.0. The van der Waals surface area contributed by atoms with Crippen LogP contribution < -0.4 is 68.2 Å². The van der Waals surface area contributed by atoms with Crippen LogP contribution in [0.25, 0.3) is 0 Å². The molecule has 0 spiro atoms. The van der Waals surface area contributed by atoms with Gasteiger partial charge in [0.1, 0.15) is 70.6 Å². The van der Waals surface area contributed by atoms with Crippen molar-refractivity contribution in [2.24, 2.45) is 22.4 Å². The van der Waals surface area contributed by atoms with Gasteiger partial charge in [-0.1, -0.05) is 117 Å². The van der Waals surface area contributed by atoms with Gasteiger partial charge in [0, 0.05) is 37.8 Å². The number of esters is 1. The van der Waals surface area contributed by atoms with E-state index in [1.165, 1.54) is 20.8 Å². The van der Waals surface area contributed by atoms with E-state index in [0.717, 1.165) is 5.56 Å². The SMILES string of the molecule is Cc1c(C)c(S(=O)(=O)NC(N)=NCCC[C@H](N)C(=O)N[C@@H](CC(C)C)C(=O)N[C@@H](CCC(=O)NC(c2ccccc2)(c2ccccc2)c2ccccc2)C(=O)N[C@@H](Cc2ccc(OC(C)(C)C)cc2)C(=O)N[C@@H](C)C(=O)O[C@H](C)[C@H](NC(=O)[C@@H]2CCC(=O)N2)C(=O)N[C@H](C(=O)O)[C@@H](C)OC(C)(C)C)c(C)c2c1OC(C)(C)C2. The summed E-state index contributed by atoms with van der Waals surface area (Å²) < 4.78 is 54.1. The zero-order valence-electron chi connectivity index (χ0n) is 66.9. The fourth-order valence-corrected chi connectivity index (χ4v) is 15.1. The first-order valence-corrected chi connectivity index (χ1v) is 39.3. The molecule has 0 aliphatic carbocycles. The number of aliphatic carboxylic acids is 1. The molecule has 0 bridgehead atoms. The lowest BCUT2D eigenvalue weighted by atomic mass is 9.77. The first-order chi connectivity index (χ1) is 52.4. The van der Waals surface area contributed by atoms with Crippen LogP contribution in [-0.4, -0.2) is 163 Å². The molecule has 1 fully saturated rings. The van der Waals surface area contributed by atoms with Gasteiger partial charge in [-0.3, -0.25) is 43.3 Å². The van der Waals surface area contributed by atoms with Gasteiger partial charge in [-0.05, 0) is 186 Å². The monoisotopic (exact) mass is 1570 g/mol. The smallest absolute Gasteiger partial charge is 0.328 e. The number of fused-ring (bicyclic) bond motifs is 1. The van der Waals surface area contributed by atoms with Crippen LogP contribution in [0.1, 0.15) is 179 Å². The number of carboxylic acid groups (broad SMARTS) is 1. The molecule has 0 saturated carbocycles. The van der Waals surface area contributed by atoms with Crippen LogP contribution >= 0.6 is 0 Å². The highest BCUT2D eigenvalue weighted by atomic mass is 32.2. The Morgan fingerprint density at radius 2 is 1.21 bits per heavy atom. The predicted molar refractivity (Wildman–Crippen MR) is 422 cm³/mol. The number of guanidine groups is 1. The van der Waals surface area contributed by atoms with Gasteiger partial charge in [-0.25, -0.2) is 22.7 Å². The van der Waals surface area contributed by atoms with Gasteiger partial charge in [-0.15, -0.1) is 0 Å². The summed E-state index contributed by atoms with van der Waals surface area (Å²) in [5, 5.41) is 31.8. The number of carboxylic acids is 1. The largest absolute Gasteiger partial charge is 0.488 e. The maximum Gasteiger partial charge on any atom is 0.328 e. The highest BCUT2D eigenvalue weighted by molar-refractivity contribution is 7.90. The number of nitrogens with zero attached hydrogens (tertiary/aromatic N) is 1. The summed E-state index contributed by atoms with van der Waals surface area (Å²) in [6, 6.07) is 22.4. The summed E-state index contributed by atoms with van der Waals surface area (Å²) >= 11 is 0. The van der Waals surface area contributed by atoms with Crippen LogP contribution in [0.3, 0.4) is 0 Å². The average molecular weight is 1570 g/mol. The number of carbonyl (C=O) groups is 10. The average Bonchev–Trinajstić information content (AvgIpc) is 1.47. The van der Waals surface area contributed by atoms with Crippen LogP contribution in [0.15, 0.2) is 125 Å². The maximum absolute atomic E-state index is 15.5. The maximum atomic E-state index is 15.5. The normalized spacial score (nSPS) is 16.7. The zero-order valence-corrected chi connectivity index (χ0v) is 67.7. The molecule has 5 aromatic rings. The van der Waals surface area contributed by atoms with E-state index in [-0.39, 0.29) is 55.9 Å². The van der Waals surface area contributed by atoms with Gasteiger partial charge in [0.05, 0.1) is 22.6 Å². The number of nitrogens with two attached hydrogens (primary N) is 2. The van der Waals surface area contributed by atoms with E-state index >= 15 is 19.2 Å². The predicted octanol–water partition coefficient (Wildman–Crippen LogP) is 5.81. The number of benzene rings is 5. The van der Waals surface area contributed by atoms with Gasteiger partial charge < -0.3 is 78.1 Å². The number of rotatable bonds is 36. The molecule has 0 unspecified atom stereocenters. The summed E-state index contributed by atoms with van der Waals surface area (Å²) in [5.41, 5.74) is 14.4. The molecular weight excluding hydrogens is 1460 g/mol. The van der Waals surface area contributed by atoms with Crippen molar-refractivity contribution in [1.29, 1.82) is 0 Å². The fourth-order valence-electron chi connectivity index (χ4n) is 13.6. The minimum absolute atomic E-state index is 0.00298. The van der Waals surface area contributed by atoms with Crippen LogP contribution in [0.2, 0.25) is 0 Å². The van der Waals surface area contributed by atoms with E-state index in [4.69, 9.17) is 30.4 Å². The number of amides is 8. The number of hydrogen-bond donors (Lipinski definition) is 12. The molecule has 10 atom stereocenters. The van der Waals surface area contributed by atoms with E-state index in [1.807, 2.05) is 126 Å². The third-order valence-corrected chi connectivity index (χ3v) is 20.7. The summed E-state index contributed by atoms with van der Waals surface area (Å²) in [5.74, 6) is -8.69. The highest BCUT2D eigenvalue weighted by Gasteiger charge is 2.43. The first-order valence-electron chi connectivity index (χ1n) is 37.8. The number of hydrogen-bond acceptors (Lipinski definition) is 18. The second kappa shape index (κ2) is 38.2. The van der Waals surface area contributed by atoms with Crippen LogP contribution in [-0.2, 0) is 85.8 Å². The van der Waals surface area contributed by atoms with Crippen molar-refractivity contribution in [3.05, 3.63) is 160 Å². The van der Waals surface area contributed by atoms with Crippen molar-refractivity contribution in [1.82, 2.24) is 47.3 Å². The van der Waals surface area contributed by atoms with E-state index in [1.54, 1.807) is 79.7 Å². The Bertz CT molecular complexity index is 4240. The van der Waals surface area contributed by atoms with Crippen molar-refractivity contribution >= 4 is 75.2 Å². The molecular formula is C82H112N12O17S. The molecule has 112 heavy (non-hydrogen) atoms. The van der Waals surface area contributed by atoms with Crippen LogP contribution in [0, 0.1) is 26.7 Å². The molecule has 29 nitrogen and oxygen atoms in total. The Hall–Kier alpha value is -10.5. The molecule has 7 rings (SSSR count). The quantitative estimate of drug-likeness (QED) is 0.00740. The molecule has 2 heterocycles. The Labute approximate surface area is 656 Å². The van der Waals surface area contributed by atoms with Crippen molar-refractivity contribution in [2.45, 2.75) is 256 Å². The van der Waals surface area contributed by atoms with Crippen molar-refractivity contribution in [3.63, 3.8) is 0 Å². The number of sulfonamides is 1. The van der Waals surface area contributed by atoms with Gasteiger partial charge in [-0.2, -0.15) is 0 Å². The topological polar surface area (TPSA) is 435 Å². The molecule has 8 amide bonds. The van der Waals surface area contributed by atoms with Gasteiger partial charge >= 0.3 is 11.9 Å². The number of carbonyl (C=O) groups excluding carboxylic acids is 9.